The second kappa shape index (κ2) is 14.3. The van der Waals surface area contributed by atoms with E-state index in [9.17, 15) is 0 Å². The molecule has 12 aliphatic rings. The van der Waals surface area contributed by atoms with Crippen LogP contribution >= 0.6 is 0 Å². The van der Waals surface area contributed by atoms with Crippen molar-refractivity contribution in [3.05, 3.63) is 0 Å². The van der Waals surface area contributed by atoms with Crippen molar-refractivity contribution in [3.8, 4) is 0 Å². The number of fused-ring (bicyclic) bond motifs is 13. The molecule has 0 bridgehead atoms. The molecule has 5 nitrogen and oxygen atoms in total. The Bertz CT molecular complexity index is 1300. The van der Waals surface area contributed by atoms with Gasteiger partial charge in [-0.25, -0.2) is 0 Å². The molecule has 19 unspecified atom stereocenters. The van der Waals surface area contributed by atoms with Crippen LogP contribution in [0.25, 0.3) is 0 Å². The number of hydrogen-bond donors (Lipinski definition) is 0. The van der Waals surface area contributed by atoms with Gasteiger partial charge in [0.1, 0.15) is 0 Å². The molecule has 0 spiro atoms. The van der Waals surface area contributed by atoms with Gasteiger partial charge in [-0.1, -0.05) is 44.9 Å². The minimum Gasteiger partial charge on any atom is -0.374 e. The van der Waals surface area contributed by atoms with E-state index in [4.69, 9.17) is 18.9 Å². The molecular formula is C48H75NO4. The molecule has 296 valence electrons. The van der Waals surface area contributed by atoms with Crippen LogP contribution in [0.4, 0.5) is 0 Å². The summed E-state index contributed by atoms with van der Waals surface area (Å²) in [4.78, 5) is 3.33. The number of hydrogen-bond acceptors (Lipinski definition) is 5. The highest BCUT2D eigenvalue weighted by atomic mass is 16.5. The van der Waals surface area contributed by atoms with E-state index < -0.39 is 0 Å². The van der Waals surface area contributed by atoms with Crippen molar-refractivity contribution in [1.29, 1.82) is 0 Å². The molecule has 5 heteroatoms. The second-order valence-corrected chi connectivity index (χ2v) is 21.9. The Balaban J connectivity index is 0.810. The van der Waals surface area contributed by atoms with Crippen LogP contribution in [0.15, 0.2) is 0 Å². The number of ether oxygens (including phenoxy) is 4. The summed E-state index contributed by atoms with van der Waals surface area (Å²) in [5.74, 6) is 8.26. The largest absolute Gasteiger partial charge is 0.374 e. The van der Waals surface area contributed by atoms with Gasteiger partial charge < -0.3 is 18.9 Å². The van der Waals surface area contributed by atoms with Crippen LogP contribution in [0.3, 0.4) is 0 Å². The van der Waals surface area contributed by atoms with Crippen molar-refractivity contribution in [2.45, 2.75) is 240 Å². The van der Waals surface area contributed by atoms with Gasteiger partial charge in [0.15, 0.2) is 0 Å². The first-order valence-electron chi connectivity index (χ1n) is 24.7. The van der Waals surface area contributed by atoms with Crippen LogP contribution in [-0.4, -0.2) is 71.9 Å². The van der Waals surface area contributed by atoms with Crippen LogP contribution in [0, 0.1) is 59.2 Å². The Kier molecular flexibility index (Phi) is 9.37. The Hall–Kier alpha value is -0.200. The molecule has 4 heterocycles. The van der Waals surface area contributed by atoms with Crippen LogP contribution < -0.4 is 0 Å². The quantitative estimate of drug-likeness (QED) is 0.288. The highest BCUT2D eigenvalue weighted by molar-refractivity contribution is 5.11. The molecule has 12 rings (SSSR count). The molecule has 4 aliphatic heterocycles. The first-order valence-corrected chi connectivity index (χ1v) is 24.7. The lowest BCUT2D eigenvalue weighted by atomic mass is 9.64. The lowest BCUT2D eigenvalue weighted by Crippen LogP contribution is -2.61. The predicted molar refractivity (Wildman–Crippen MR) is 207 cm³/mol. The van der Waals surface area contributed by atoms with Gasteiger partial charge in [0, 0.05) is 30.0 Å². The van der Waals surface area contributed by atoms with E-state index in [1.807, 2.05) is 0 Å². The SMILES string of the molecule is C1CCC2C(C1)OC1CC(C3CCC(N(C4CCCC5C6CCC7OC8CCCCC8C7C6OC54)C4CCCC5OC6CCCCC6C54)CC3)CCC12. The lowest BCUT2D eigenvalue weighted by molar-refractivity contribution is -0.115. The van der Waals surface area contributed by atoms with Gasteiger partial charge in [-0.15, -0.1) is 0 Å². The van der Waals surface area contributed by atoms with Gasteiger partial charge in [-0.2, -0.15) is 0 Å². The Labute approximate surface area is 322 Å². The van der Waals surface area contributed by atoms with Crippen LogP contribution in [0.1, 0.15) is 173 Å². The fourth-order valence-electron chi connectivity index (χ4n) is 17.9. The second-order valence-electron chi connectivity index (χ2n) is 21.9. The van der Waals surface area contributed by atoms with E-state index in [1.54, 1.807) is 0 Å². The monoisotopic (exact) mass is 730 g/mol. The Morgan fingerprint density at radius 1 is 0.302 bits per heavy atom. The highest BCUT2D eigenvalue weighted by Crippen LogP contribution is 2.59. The molecule has 0 amide bonds. The summed E-state index contributed by atoms with van der Waals surface area (Å²) in [6.07, 6.45) is 42.2. The summed E-state index contributed by atoms with van der Waals surface area (Å²) < 4.78 is 28.6. The minimum atomic E-state index is 0.459. The lowest BCUT2D eigenvalue weighted by Gasteiger charge is -2.54. The van der Waals surface area contributed by atoms with Crippen molar-refractivity contribution >= 4 is 0 Å². The third-order valence-electron chi connectivity index (χ3n) is 19.9. The molecular weight excluding hydrogens is 655 g/mol. The average molecular weight is 730 g/mol. The molecule has 0 N–H and O–H groups in total. The standard InChI is InChI=1S/C48H75NO4/c1-4-15-39-31(9-1)32-24-21-29(27-44(32)52-39)28-19-22-30(23-20-28)49(37-13-8-18-42-45(37)35-10-2-5-16-40(35)50-42)38-14-7-12-33-34-25-26-43-46(48(34)53-47(33)38)36-11-3-6-17-41(36)51-43/h28-48H,1-27H2. The maximum Gasteiger partial charge on any atom is 0.0766 e. The van der Waals surface area contributed by atoms with Crippen LogP contribution in [0.2, 0.25) is 0 Å². The highest BCUT2D eigenvalue weighted by Gasteiger charge is 2.62. The van der Waals surface area contributed by atoms with E-state index in [0.717, 1.165) is 59.3 Å². The molecule has 0 aromatic carbocycles. The smallest absolute Gasteiger partial charge is 0.0766 e. The minimum absolute atomic E-state index is 0.459. The summed E-state index contributed by atoms with van der Waals surface area (Å²) in [7, 11) is 0. The summed E-state index contributed by atoms with van der Waals surface area (Å²) in [5.41, 5.74) is 0. The molecule has 12 fully saturated rings. The van der Waals surface area contributed by atoms with E-state index in [1.165, 1.54) is 173 Å². The van der Waals surface area contributed by atoms with Crippen LogP contribution in [-0.2, 0) is 18.9 Å². The molecule has 0 radical (unpaired) electrons. The van der Waals surface area contributed by atoms with Gasteiger partial charge in [-0.3, -0.25) is 4.90 Å². The molecule has 53 heavy (non-hydrogen) atoms. The van der Waals surface area contributed by atoms with Gasteiger partial charge in [0.05, 0.1) is 48.8 Å². The zero-order valence-electron chi connectivity index (χ0n) is 33.3. The predicted octanol–water partition coefficient (Wildman–Crippen LogP) is 10.3. The normalized spacial score (nSPS) is 57.3. The Morgan fingerprint density at radius 2 is 0.830 bits per heavy atom. The Morgan fingerprint density at radius 3 is 1.62 bits per heavy atom. The van der Waals surface area contributed by atoms with Gasteiger partial charge in [-0.05, 0) is 176 Å². The van der Waals surface area contributed by atoms with Crippen LogP contribution in [0.5, 0.6) is 0 Å². The van der Waals surface area contributed by atoms with E-state index in [2.05, 4.69) is 4.90 Å². The first-order chi connectivity index (χ1) is 26.3. The summed E-state index contributed by atoms with van der Waals surface area (Å²) in [6.45, 7) is 0. The molecule has 8 aliphatic carbocycles. The molecule has 0 aromatic heterocycles. The van der Waals surface area contributed by atoms with Crippen molar-refractivity contribution in [2.75, 3.05) is 0 Å². The number of nitrogens with zero attached hydrogens (tertiary/aromatic N) is 1. The third kappa shape index (κ3) is 5.80. The molecule has 8 saturated carbocycles. The summed E-state index contributed by atoms with van der Waals surface area (Å²) in [6, 6.07) is 2.09. The maximum absolute atomic E-state index is 7.76. The third-order valence-corrected chi connectivity index (χ3v) is 19.9. The molecule has 19 atom stereocenters. The molecule has 4 saturated heterocycles. The van der Waals surface area contributed by atoms with Crippen molar-refractivity contribution < 1.29 is 18.9 Å². The number of rotatable bonds is 4. The maximum atomic E-state index is 7.76. The average Bonchev–Trinajstić information content (AvgIpc) is 3.98. The summed E-state index contributed by atoms with van der Waals surface area (Å²) in [5, 5.41) is 0. The fourth-order valence-corrected chi connectivity index (χ4v) is 17.9. The molecule has 0 aromatic rings. The van der Waals surface area contributed by atoms with Gasteiger partial charge in [0.25, 0.3) is 0 Å². The van der Waals surface area contributed by atoms with E-state index in [-0.39, 0.29) is 0 Å². The van der Waals surface area contributed by atoms with Crippen molar-refractivity contribution in [3.63, 3.8) is 0 Å². The fraction of sp³-hybridized carbons (Fsp3) is 1.00. The van der Waals surface area contributed by atoms with Gasteiger partial charge >= 0.3 is 0 Å². The zero-order chi connectivity index (χ0) is 34.6. The van der Waals surface area contributed by atoms with E-state index >= 15 is 0 Å². The first kappa shape index (κ1) is 34.8. The zero-order valence-corrected chi connectivity index (χ0v) is 33.3. The van der Waals surface area contributed by atoms with Crippen molar-refractivity contribution in [2.24, 2.45) is 59.2 Å². The van der Waals surface area contributed by atoms with E-state index in [0.29, 0.717) is 66.8 Å². The topological polar surface area (TPSA) is 40.2 Å². The van der Waals surface area contributed by atoms with Gasteiger partial charge in [0.2, 0.25) is 0 Å². The summed E-state index contributed by atoms with van der Waals surface area (Å²) >= 11 is 0. The van der Waals surface area contributed by atoms with Crippen molar-refractivity contribution in [1.82, 2.24) is 4.90 Å².